The van der Waals surface area contributed by atoms with Gasteiger partial charge in [-0.3, -0.25) is 24.4 Å². The van der Waals surface area contributed by atoms with Crippen molar-refractivity contribution < 1.29 is 9.59 Å². The van der Waals surface area contributed by atoms with E-state index in [2.05, 4.69) is 46.5 Å². The van der Waals surface area contributed by atoms with Crippen LogP contribution in [-0.2, 0) is 9.59 Å². The van der Waals surface area contributed by atoms with Gasteiger partial charge in [0.05, 0.1) is 11.8 Å². The summed E-state index contributed by atoms with van der Waals surface area (Å²) >= 11 is 0. The maximum atomic E-state index is 12.7. The van der Waals surface area contributed by atoms with Gasteiger partial charge < -0.3 is 10.6 Å². The molecule has 7 nitrogen and oxygen atoms in total. The van der Waals surface area contributed by atoms with Crippen molar-refractivity contribution in [2.45, 2.75) is 39.2 Å². The maximum absolute atomic E-state index is 12.7. The second kappa shape index (κ2) is 8.46. The molecule has 3 fully saturated rings. The number of rotatable bonds is 6. The van der Waals surface area contributed by atoms with Gasteiger partial charge in [0.15, 0.2) is 5.96 Å². The standard InChI is InChI=1S/C22H35N5O2/c1-14-6-9-26(10-7-14)15(2)13-25-22(23-3)24-8-11-27-20(28)18-16-4-5-17(12-16)19(18)21(27)29/h4-5,14-19H,6-13H2,1-3H3,(H2,23,24,25). The summed E-state index contributed by atoms with van der Waals surface area (Å²) in [6, 6.07) is 0.449. The van der Waals surface area contributed by atoms with Gasteiger partial charge in [-0.15, -0.1) is 0 Å². The molecule has 2 saturated heterocycles. The molecule has 0 aromatic heterocycles. The number of nitrogens with zero attached hydrogens (tertiary/aromatic N) is 3. The van der Waals surface area contributed by atoms with Gasteiger partial charge in [-0.05, 0) is 57.0 Å². The lowest BCUT2D eigenvalue weighted by molar-refractivity contribution is -0.140. The molecule has 5 atom stereocenters. The molecule has 0 aromatic carbocycles. The van der Waals surface area contributed by atoms with Crippen molar-refractivity contribution >= 4 is 17.8 Å². The van der Waals surface area contributed by atoms with Crippen LogP contribution in [0.2, 0.25) is 0 Å². The van der Waals surface area contributed by atoms with Crippen molar-refractivity contribution in [3.63, 3.8) is 0 Å². The third-order valence-corrected chi connectivity index (χ3v) is 7.42. The van der Waals surface area contributed by atoms with Gasteiger partial charge in [-0.25, -0.2) is 0 Å². The van der Waals surface area contributed by atoms with Crippen LogP contribution in [0.15, 0.2) is 17.1 Å². The zero-order valence-electron chi connectivity index (χ0n) is 17.9. The Morgan fingerprint density at radius 1 is 1.14 bits per heavy atom. The lowest BCUT2D eigenvalue weighted by Crippen LogP contribution is -2.49. The first kappa shape index (κ1) is 20.4. The van der Waals surface area contributed by atoms with Crippen molar-refractivity contribution in [2.75, 3.05) is 39.8 Å². The average molecular weight is 402 g/mol. The summed E-state index contributed by atoms with van der Waals surface area (Å²) in [7, 11) is 1.75. The zero-order valence-corrected chi connectivity index (χ0v) is 17.9. The first-order valence-corrected chi connectivity index (χ1v) is 11.2. The van der Waals surface area contributed by atoms with Crippen molar-refractivity contribution in [2.24, 2.45) is 34.6 Å². The third-order valence-electron chi connectivity index (χ3n) is 7.42. The van der Waals surface area contributed by atoms with Gasteiger partial charge in [0.2, 0.25) is 11.8 Å². The minimum absolute atomic E-state index is 0.0227. The summed E-state index contributed by atoms with van der Waals surface area (Å²) in [6.07, 6.45) is 7.79. The van der Waals surface area contributed by atoms with Crippen molar-refractivity contribution in [3.05, 3.63) is 12.2 Å². The van der Waals surface area contributed by atoms with Gasteiger partial charge in [0.1, 0.15) is 0 Å². The molecule has 2 N–H and O–H groups in total. The molecule has 4 aliphatic rings. The number of imide groups is 1. The Kier molecular flexibility index (Phi) is 5.95. The molecule has 2 bridgehead atoms. The molecule has 2 heterocycles. The van der Waals surface area contributed by atoms with E-state index in [0.717, 1.165) is 37.9 Å². The van der Waals surface area contributed by atoms with Gasteiger partial charge in [0, 0.05) is 32.7 Å². The predicted molar refractivity (Wildman–Crippen MR) is 113 cm³/mol. The number of likely N-dealkylation sites (tertiary alicyclic amines) is 2. The van der Waals surface area contributed by atoms with Crippen LogP contribution in [0.3, 0.4) is 0 Å². The summed E-state index contributed by atoms with van der Waals surface area (Å²) < 4.78 is 0. The van der Waals surface area contributed by atoms with E-state index in [1.807, 2.05) is 0 Å². The number of carbonyl (C=O) groups excluding carboxylic acids is 2. The van der Waals surface area contributed by atoms with Crippen LogP contribution in [0.4, 0.5) is 0 Å². The average Bonchev–Trinajstić information content (AvgIpc) is 3.40. The van der Waals surface area contributed by atoms with Crippen LogP contribution in [0.5, 0.6) is 0 Å². The fourth-order valence-electron chi connectivity index (χ4n) is 5.53. The van der Waals surface area contributed by atoms with Gasteiger partial charge >= 0.3 is 0 Å². The Morgan fingerprint density at radius 3 is 2.34 bits per heavy atom. The molecule has 0 spiro atoms. The molecule has 1 saturated carbocycles. The molecule has 2 aliphatic carbocycles. The lowest BCUT2D eigenvalue weighted by Gasteiger charge is -2.35. The molecule has 0 radical (unpaired) electrons. The van der Waals surface area contributed by atoms with Crippen molar-refractivity contribution in [3.8, 4) is 0 Å². The van der Waals surface area contributed by atoms with E-state index >= 15 is 0 Å². The largest absolute Gasteiger partial charge is 0.355 e. The lowest BCUT2D eigenvalue weighted by atomic mass is 9.85. The summed E-state index contributed by atoms with van der Waals surface area (Å²) in [5.74, 6) is 1.93. The van der Waals surface area contributed by atoms with Crippen LogP contribution in [-0.4, -0.2) is 73.4 Å². The van der Waals surface area contributed by atoms with E-state index in [1.54, 1.807) is 7.05 Å². The van der Waals surface area contributed by atoms with E-state index in [-0.39, 0.29) is 35.5 Å². The molecule has 160 valence electrons. The fraction of sp³-hybridized carbons (Fsp3) is 0.773. The Balaban J connectivity index is 1.21. The first-order valence-electron chi connectivity index (χ1n) is 11.2. The van der Waals surface area contributed by atoms with Gasteiger partial charge in [-0.2, -0.15) is 0 Å². The molecule has 0 aromatic rings. The zero-order chi connectivity index (χ0) is 20.5. The van der Waals surface area contributed by atoms with E-state index < -0.39 is 0 Å². The van der Waals surface area contributed by atoms with E-state index in [0.29, 0.717) is 19.1 Å². The van der Waals surface area contributed by atoms with Gasteiger partial charge in [0.25, 0.3) is 0 Å². The monoisotopic (exact) mass is 401 g/mol. The minimum Gasteiger partial charge on any atom is -0.355 e. The highest BCUT2D eigenvalue weighted by molar-refractivity contribution is 6.06. The Morgan fingerprint density at radius 2 is 1.76 bits per heavy atom. The topological polar surface area (TPSA) is 77.0 Å². The maximum Gasteiger partial charge on any atom is 0.233 e. The normalized spacial score (nSPS) is 33.5. The van der Waals surface area contributed by atoms with Gasteiger partial charge in [-0.1, -0.05) is 19.1 Å². The number of piperidine rings is 1. The van der Waals surface area contributed by atoms with Crippen LogP contribution < -0.4 is 10.6 Å². The van der Waals surface area contributed by atoms with Crippen LogP contribution in [0.25, 0.3) is 0 Å². The number of guanidine groups is 1. The minimum atomic E-state index is -0.108. The number of nitrogens with one attached hydrogen (secondary N) is 2. The SMILES string of the molecule is CN=C(NCCN1C(=O)C2C3C=CC(C3)C2C1=O)NCC(C)N1CCC(C)CC1. The number of aliphatic imine (C=N–C) groups is 1. The van der Waals surface area contributed by atoms with E-state index in [1.165, 1.54) is 17.7 Å². The Hall–Kier alpha value is -1.89. The smallest absolute Gasteiger partial charge is 0.233 e. The second-order valence-electron chi connectivity index (χ2n) is 9.28. The number of amides is 2. The molecule has 29 heavy (non-hydrogen) atoms. The quantitative estimate of drug-likeness (QED) is 0.301. The summed E-state index contributed by atoms with van der Waals surface area (Å²) in [5.41, 5.74) is 0. The number of hydrogen-bond donors (Lipinski definition) is 2. The Labute approximate surface area is 174 Å². The molecule has 5 unspecified atom stereocenters. The molecule has 2 aliphatic heterocycles. The highest BCUT2D eigenvalue weighted by Crippen LogP contribution is 2.52. The molecular weight excluding hydrogens is 366 g/mol. The first-order chi connectivity index (χ1) is 14.0. The second-order valence-corrected chi connectivity index (χ2v) is 9.28. The number of fused-ring (bicyclic) bond motifs is 5. The predicted octanol–water partition coefficient (Wildman–Crippen LogP) is 1.08. The van der Waals surface area contributed by atoms with Crippen molar-refractivity contribution in [1.29, 1.82) is 0 Å². The number of allylic oxidation sites excluding steroid dienone is 2. The Bertz CT molecular complexity index is 667. The van der Waals surface area contributed by atoms with Crippen molar-refractivity contribution in [1.82, 2.24) is 20.4 Å². The highest BCUT2D eigenvalue weighted by Gasteiger charge is 2.58. The van der Waals surface area contributed by atoms with Crippen LogP contribution in [0, 0.1) is 29.6 Å². The van der Waals surface area contributed by atoms with Crippen LogP contribution in [0.1, 0.15) is 33.1 Å². The number of carbonyl (C=O) groups is 2. The third kappa shape index (κ3) is 3.93. The molecular formula is C22H35N5O2. The summed E-state index contributed by atoms with van der Waals surface area (Å²) in [4.78, 5) is 33.8. The fourth-order valence-corrected chi connectivity index (χ4v) is 5.53. The molecule has 4 rings (SSSR count). The summed E-state index contributed by atoms with van der Waals surface area (Å²) in [6.45, 7) is 8.66. The van der Waals surface area contributed by atoms with E-state index in [9.17, 15) is 9.59 Å². The number of hydrogen-bond acceptors (Lipinski definition) is 4. The molecule has 2 amide bonds. The highest BCUT2D eigenvalue weighted by atomic mass is 16.2. The van der Waals surface area contributed by atoms with E-state index in [4.69, 9.17) is 0 Å². The van der Waals surface area contributed by atoms with Crippen LogP contribution >= 0.6 is 0 Å². The molecule has 7 heteroatoms. The summed E-state index contributed by atoms with van der Waals surface area (Å²) in [5, 5.41) is 6.65.